The summed E-state index contributed by atoms with van der Waals surface area (Å²) in [5, 5.41) is 9.76. The van der Waals surface area contributed by atoms with E-state index in [0.29, 0.717) is 19.6 Å². The molecule has 35 heavy (non-hydrogen) atoms. The summed E-state index contributed by atoms with van der Waals surface area (Å²) in [6, 6.07) is 21.1. The number of amides is 2. The first kappa shape index (κ1) is 25.1. The summed E-state index contributed by atoms with van der Waals surface area (Å²) >= 11 is 0. The van der Waals surface area contributed by atoms with Crippen LogP contribution >= 0.6 is 0 Å². The van der Waals surface area contributed by atoms with E-state index in [2.05, 4.69) is 55.4 Å². The van der Waals surface area contributed by atoms with Gasteiger partial charge in [-0.2, -0.15) is 5.26 Å². The average molecular weight is 475 g/mol. The zero-order valence-corrected chi connectivity index (χ0v) is 21.8. The van der Waals surface area contributed by atoms with Crippen molar-refractivity contribution in [2.24, 2.45) is 5.41 Å². The summed E-state index contributed by atoms with van der Waals surface area (Å²) in [6.07, 6.45) is 3.76. The highest BCUT2D eigenvalue weighted by molar-refractivity contribution is 5.78. The van der Waals surface area contributed by atoms with E-state index < -0.39 is 5.41 Å². The third-order valence-corrected chi connectivity index (χ3v) is 8.12. The minimum absolute atomic E-state index is 0.0428. The summed E-state index contributed by atoms with van der Waals surface area (Å²) in [4.78, 5) is 20.1. The van der Waals surface area contributed by atoms with Crippen LogP contribution in [0, 0.1) is 16.7 Å². The van der Waals surface area contributed by atoms with E-state index in [1.807, 2.05) is 47.9 Å². The van der Waals surface area contributed by atoms with Crippen molar-refractivity contribution in [2.75, 3.05) is 34.3 Å². The third-order valence-electron chi connectivity index (χ3n) is 8.12. The highest BCUT2D eigenvalue weighted by Crippen LogP contribution is 2.49. The topological polar surface area (TPSA) is 59.8 Å². The molecular weight excluding hydrogens is 436 g/mol. The molecule has 6 heteroatoms. The number of urea groups is 1. The Morgan fingerprint density at radius 2 is 1.66 bits per heavy atom. The smallest absolute Gasteiger partial charge is 0.320 e. The van der Waals surface area contributed by atoms with E-state index in [1.54, 1.807) is 7.11 Å². The van der Waals surface area contributed by atoms with Crippen molar-refractivity contribution in [3.63, 3.8) is 0 Å². The van der Waals surface area contributed by atoms with Crippen LogP contribution in [0.15, 0.2) is 54.6 Å². The number of hydrogen-bond acceptors (Lipinski definition) is 4. The normalized spacial score (nSPS) is 24.8. The molecular formula is C29H38N4O2. The Bertz CT molecular complexity index is 1060. The highest BCUT2D eigenvalue weighted by Gasteiger charge is 2.55. The largest absolute Gasteiger partial charge is 0.497 e. The summed E-state index contributed by atoms with van der Waals surface area (Å²) in [5.41, 5.74) is 1.51. The molecule has 1 saturated carbocycles. The molecule has 186 valence electrons. The van der Waals surface area contributed by atoms with Gasteiger partial charge in [-0.1, -0.05) is 42.5 Å². The quantitative estimate of drug-likeness (QED) is 0.550. The van der Waals surface area contributed by atoms with Gasteiger partial charge in [0.15, 0.2) is 0 Å². The second-order valence-electron chi connectivity index (χ2n) is 11.1. The number of carbonyl (C=O) groups excluding carboxylic acids is 1. The number of carbonyl (C=O) groups is 1. The lowest BCUT2D eigenvalue weighted by molar-refractivity contribution is 0.0180. The molecule has 4 rings (SSSR count). The summed E-state index contributed by atoms with van der Waals surface area (Å²) in [7, 11) is 5.98. The highest BCUT2D eigenvalue weighted by atomic mass is 16.5. The molecule has 0 aromatic heterocycles. The molecule has 2 fully saturated rings. The maximum absolute atomic E-state index is 13.8. The SMILES string of the molecule is COc1ccc(CN2CC3(CCC(c4ccccc4)(N(C)C)CC3)N(CC(C)(C)C#N)C2=O)cc1. The molecule has 1 aliphatic heterocycles. The van der Waals surface area contributed by atoms with Crippen molar-refractivity contribution in [2.45, 2.75) is 57.2 Å². The lowest BCUT2D eigenvalue weighted by atomic mass is 9.68. The van der Waals surface area contributed by atoms with Gasteiger partial charge in [0.05, 0.1) is 24.1 Å². The van der Waals surface area contributed by atoms with Gasteiger partial charge < -0.3 is 14.5 Å². The zero-order chi connectivity index (χ0) is 25.3. The van der Waals surface area contributed by atoms with Crippen LogP contribution in [0.25, 0.3) is 0 Å². The lowest BCUT2D eigenvalue weighted by Gasteiger charge is -2.51. The summed E-state index contributed by atoms with van der Waals surface area (Å²) in [5.74, 6) is 0.809. The first-order valence-electron chi connectivity index (χ1n) is 12.5. The van der Waals surface area contributed by atoms with Crippen molar-refractivity contribution in [3.05, 3.63) is 65.7 Å². The van der Waals surface area contributed by atoms with E-state index in [1.165, 1.54) is 5.56 Å². The van der Waals surface area contributed by atoms with E-state index in [4.69, 9.17) is 4.74 Å². The van der Waals surface area contributed by atoms with Crippen LogP contribution in [0.2, 0.25) is 0 Å². The number of methoxy groups -OCH3 is 1. The number of nitriles is 1. The fourth-order valence-corrected chi connectivity index (χ4v) is 5.92. The molecule has 0 N–H and O–H groups in total. The standard InChI is InChI=1S/C29H38N4O2/c1-27(2,20-30)21-33-26(34)32(19-23-11-13-25(35-5)14-12-23)22-28(33)15-17-29(18-16-28,31(3)4)24-9-7-6-8-10-24/h6-14H,15-19,21-22H2,1-5H3. The predicted octanol–water partition coefficient (Wildman–Crippen LogP) is 5.25. The lowest BCUT2D eigenvalue weighted by Crippen LogP contribution is -2.56. The Kier molecular flexibility index (Phi) is 6.83. The van der Waals surface area contributed by atoms with Gasteiger partial charge in [-0.15, -0.1) is 0 Å². The van der Waals surface area contributed by atoms with Crippen LogP contribution in [0.3, 0.4) is 0 Å². The minimum Gasteiger partial charge on any atom is -0.497 e. The van der Waals surface area contributed by atoms with Gasteiger partial charge in [0.1, 0.15) is 5.75 Å². The second kappa shape index (κ2) is 9.54. The van der Waals surface area contributed by atoms with Crippen molar-refractivity contribution < 1.29 is 9.53 Å². The summed E-state index contributed by atoms with van der Waals surface area (Å²) in [6.45, 7) is 5.55. The minimum atomic E-state index is -0.603. The Balaban J connectivity index is 1.62. The van der Waals surface area contributed by atoms with Crippen LogP contribution in [-0.4, -0.2) is 60.6 Å². The Labute approximate surface area is 210 Å². The third kappa shape index (κ3) is 4.75. The number of ether oxygens (including phenoxy) is 1. The molecule has 1 saturated heterocycles. The fraction of sp³-hybridized carbons (Fsp3) is 0.517. The molecule has 1 spiro atoms. The van der Waals surface area contributed by atoms with Crippen LogP contribution in [0.1, 0.15) is 50.7 Å². The molecule has 1 aliphatic carbocycles. The molecule has 0 radical (unpaired) electrons. The predicted molar refractivity (Wildman–Crippen MR) is 138 cm³/mol. The van der Waals surface area contributed by atoms with Crippen molar-refractivity contribution >= 4 is 6.03 Å². The molecule has 2 amide bonds. The van der Waals surface area contributed by atoms with Gasteiger partial charge in [-0.3, -0.25) is 4.90 Å². The second-order valence-corrected chi connectivity index (χ2v) is 11.1. The maximum atomic E-state index is 13.8. The van der Waals surface area contributed by atoms with Gasteiger partial charge in [-0.05, 0) is 76.9 Å². The molecule has 2 aliphatic rings. The Morgan fingerprint density at radius 1 is 1.03 bits per heavy atom. The zero-order valence-electron chi connectivity index (χ0n) is 21.8. The van der Waals surface area contributed by atoms with E-state index in [0.717, 1.165) is 37.0 Å². The van der Waals surface area contributed by atoms with Crippen molar-refractivity contribution in [3.8, 4) is 11.8 Å². The summed E-state index contributed by atoms with van der Waals surface area (Å²) < 4.78 is 5.29. The first-order valence-corrected chi connectivity index (χ1v) is 12.5. The van der Waals surface area contributed by atoms with Gasteiger partial charge in [-0.25, -0.2) is 4.79 Å². The van der Waals surface area contributed by atoms with Gasteiger partial charge in [0.25, 0.3) is 0 Å². The number of rotatable bonds is 7. The van der Waals surface area contributed by atoms with Crippen molar-refractivity contribution in [1.82, 2.24) is 14.7 Å². The van der Waals surface area contributed by atoms with Crippen LogP contribution in [-0.2, 0) is 12.1 Å². The van der Waals surface area contributed by atoms with Crippen molar-refractivity contribution in [1.29, 1.82) is 5.26 Å². The van der Waals surface area contributed by atoms with Gasteiger partial charge >= 0.3 is 6.03 Å². The molecule has 6 nitrogen and oxygen atoms in total. The fourth-order valence-electron chi connectivity index (χ4n) is 5.92. The molecule has 0 unspecified atom stereocenters. The van der Waals surface area contributed by atoms with Gasteiger partial charge in [0.2, 0.25) is 0 Å². The number of hydrogen-bond donors (Lipinski definition) is 0. The molecule has 1 heterocycles. The molecule has 2 aromatic carbocycles. The first-order chi connectivity index (χ1) is 16.6. The maximum Gasteiger partial charge on any atom is 0.320 e. The van der Waals surface area contributed by atoms with E-state index in [9.17, 15) is 10.1 Å². The van der Waals surface area contributed by atoms with Crippen LogP contribution in [0.5, 0.6) is 5.75 Å². The Hall–Kier alpha value is -3.04. The van der Waals surface area contributed by atoms with E-state index >= 15 is 0 Å². The molecule has 2 aromatic rings. The Morgan fingerprint density at radius 3 is 2.20 bits per heavy atom. The average Bonchev–Trinajstić information content (AvgIpc) is 3.10. The molecule has 0 atom stereocenters. The number of nitrogens with zero attached hydrogens (tertiary/aromatic N) is 4. The van der Waals surface area contributed by atoms with Crippen LogP contribution < -0.4 is 4.74 Å². The number of benzene rings is 2. The monoisotopic (exact) mass is 474 g/mol. The molecule has 0 bridgehead atoms. The van der Waals surface area contributed by atoms with E-state index in [-0.39, 0.29) is 17.1 Å². The van der Waals surface area contributed by atoms with Crippen LogP contribution in [0.4, 0.5) is 4.79 Å². The van der Waals surface area contributed by atoms with Gasteiger partial charge in [0, 0.05) is 25.2 Å².